The second kappa shape index (κ2) is 8.07. The van der Waals surface area contributed by atoms with Crippen LogP contribution in [-0.2, 0) is 11.3 Å². The average Bonchev–Trinajstić information content (AvgIpc) is 2.28. The number of halogens is 4. The number of rotatable bonds is 5. The number of carbonyl (C=O) groups excluding carboxylic acids is 1. The van der Waals surface area contributed by atoms with Crippen LogP contribution in [0.3, 0.4) is 0 Å². The van der Waals surface area contributed by atoms with Crippen LogP contribution < -0.4 is 15.8 Å². The second-order valence-electron chi connectivity index (χ2n) is 3.11. The lowest BCUT2D eigenvalue weighted by Gasteiger charge is -2.11. The van der Waals surface area contributed by atoms with Crippen LogP contribution in [0.2, 0.25) is 5.02 Å². The number of carbonyl (C=O) groups is 1. The minimum absolute atomic E-state index is 0. The van der Waals surface area contributed by atoms with E-state index in [0.29, 0.717) is 10.6 Å². The smallest absolute Gasteiger partial charge is 0.387 e. The third kappa shape index (κ3) is 5.48. The SMILES string of the molecule is Cl.NCC(=O)NCc1cc(Cl)ccc1OC(F)F. The molecule has 18 heavy (non-hydrogen) atoms. The molecule has 102 valence electrons. The first-order chi connectivity index (χ1) is 8.02. The molecular formula is C10H12Cl2F2N2O2. The molecule has 0 unspecified atom stereocenters. The predicted molar refractivity (Wildman–Crippen MR) is 66.2 cm³/mol. The van der Waals surface area contributed by atoms with Crippen LogP contribution in [0.4, 0.5) is 8.78 Å². The van der Waals surface area contributed by atoms with Crippen molar-refractivity contribution in [3.8, 4) is 5.75 Å². The molecule has 1 aromatic rings. The van der Waals surface area contributed by atoms with Gasteiger partial charge in [0.25, 0.3) is 0 Å². The second-order valence-corrected chi connectivity index (χ2v) is 3.55. The van der Waals surface area contributed by atoms with E-state index >= 15 is 0 Å². The molecule has 1 rings (SSSR count). The summed E-state index contributed by atoms with van der Waals surface area (Å²) in [6.07, 6.45) is 0. The largest absolute Gasteiger partial charge is 0.434 e. The standard InChI is InChI=1S/C10H11ClF2N2O2.ClH/c11-7-1-2-8(17-10(12)13)6(3-7)5-15-9(16)4-14;/h1-3,10H,4-5,14H2,(H,15,16);1H. The Morgan fingerprint density at radius 1 is 1.50 bits per heavy atom. The van der Waals surface area contributed by atoms with Gasteiger partial charge in [0.1, 0.15) is 5.75 Å². The number of hydrogen-bond acceptors (Lipinski definition) is 3. The van der Waals surface area contributed by atoms with E-state index in [2.05, 4.69) is 10.1 Å². The number of nitrogens with one attached hydrogen (secondary N) is 1. The van der Waals surface area contributed by atoms with Crippen LogP contribution in [0, 0.1) is 0 Å². The zero-order valence-corrected chi connectivity index (χ0v) is 10.7. The van der Waals surface area contributed by atoms with Crippen LogP contribution >= 0.6 is 24.0 Å². The summed E-state index contributed by atoms with van der Waals surface area (Å²) in [6, 6.07) is 4.18. The van der Waals surface area contributed by atoms with Gasteiger partial charge in [-0.1, -0.05) is 11.6 Å². The third-order valence-electron chi connectivity index (χ3n) is 1.90. The molecule has 0 aromatic heterocycles. The number of benzene rings is 1. The van der Waals surface area contributed by atoms with Gasteiger partial charge in [0.15, 0.2) is 0 Å². The molecule has 8 heteroatoms. The molecule has 0 atom stereocenters. The van der Waals surface area contributed by atoms with E-state index in [1.54, 1.807) is 0 Å². The maximum Gasteiger partial charge on any atom is 0.387 e. The molecule has 4 nitrogen and oxygen atoms in total. The molecule has 1 aromatic carbocycles. The fraction of sp³-hybridized carbons (Fsp3) is 0.300. The van der Waals surface area contributed by atoms with E-state index in [0.717, 1.165) is 0 Å². The quantitative estimate of drug-likeness (QED) is 0.873. The lowest BCUT2D eigenvalue weighted by Crippen LogP contribution is -2.29. The summed E-state index contributed by atoms with van der Waals surface area (Å²) in [6.45, 7) is -3.08. The van der Waals surface area contributed by atoms with Crippen LogP contribution in [0.1, 0.15) is 5.56 Å². The Morgan fingerprint density at radius 2 is 2.17 bits per heavy atom. The van der Waals surface area contributed by atoms with Gasteiger partial charge in [0.05, 0.1) is 6.54 Å². The summed E-state index contributed by atoms with van der Waals surface area (Å²) in [5.41, 5.74) is 5.46. The molecular weight excluding hydrogens is 289 g/mol. The highest BCUT2D eigenvalue weighted by molar-refractivity contribution is 6.30. The minimum Gasteiger partial charge on any atom is -0.434 e. The molecule has 0 heterocycles. The van der Waals surface area contributed by atoms with Crippen LogP contribution in [0.15, 0.2) is 18.2 Å². The molecule has 0 aliphatic heterocycles. The van der Waals surface area contributed by atoms with E-state index < -0.39 is 12.5 Å². The molecule has 3 N–H and O–H groups in total. The minimum atomic E-state index is -2.93. The number of amides is 1. The van der Waals surface area contributed by atoms with Crippen molar-refractivity contribution >= 4 is 29.9 Å². The van der Waals surface area contributed by atoms with E-state index in [1.807, 2.05) is 0 Å². The predicted octanol–water partition coefficient (Wildman–Crippen LogP) is 1.94. The van der Waals surface area contributed by atoms with Crippen molar-refractivity contribution in [1.82, 2.24) is 5.32 Å². The maximum absolute atomic E-state index is 12.1. The molecule has 1 amide bonds. The van der Waals surface area contributed by atoms with Crippen LogP contribution in [0.25, 0.3) is 0 Å². The molecule has 0 radical (unpaired) electrons. The fourth-order valence-corrected chi connectivity index (χ4v) is 1.36. The van der Waals surface area contributed by atoms with Crippen molar-refractivity contribution in [1.29, 1.82) is 0 Å². The maximum atomic E-state index is 12.1. The topological polar surface area (TPSA) is 64.4 Å². The van der Waals surface area contributed by atoms with Crippen molar-refractivity contribution in [2.75, 3.05) is 6.54 Å². The monoisotopic (exact) mass is 300 g/mol. The van der Waals surface area contributed by atoms with Crippen molar-refractivity contribution in [2.24, 2.45) is 5.73 Å². The summed E-state index contributed by atoms with van der Waals surface area (Å²) >= 11 is 5.72. The normalized spacial score (nSPS) is 9.83. The van der Waals surface area contributed by atoms with Gasteiger partial charge in [-0.3, -0.25) is 4.79 Å². The number of ether oxygens (including phenoxy) is 1. The van der Waals surface area contributed by atoms with Gasteiger partial charge < -0.3 is 15.8 Å². The first kappa shape index (κ1) is 16.9. The van der Waals surface area contributed by atoms with E-state index in [9.17, 15) is 13.6 Å². The van der Waals surface area contributed by atoms with Crippen molar-refractivity contribution in [3.63, 3.8) is 0 Å². The van der Waals surface area contributed by atoms with Crippen LogP contribution in [-0.4, -0.2) is 19.1 Å². The van der Waals surface area contributed by atoms with Crippen LogP contribution in [0.5, 0.6) is 5.75 Å². The van der Waals surface area contributed by atoms with Gasteiger partial charge in [0.2, 0.25) is 5.91 Å². The van der Waals surface area contributed by atoms with E-state index in [-0.39, 0.29) is 31.2 Å². The summed E-state index contributed by atoms with van der Waals surface area (Å²) < 4.78 is 28.5. The van der Waals surface area contributed by atoms with Crippen molar-refractivity contribution in [3.05, 3.63) is 28.8 Å². The average molecular weight is 301 g/mol. The number of alkyl halides is 2. The Balaban J connectivity index is 0.00000289. The molecule has 0 saturated heterocycles. The van der Waals surface area contributed by atoms with Gasteiger partial charge >= 0.3 is 6.61 Å². The van der Waals surface area contributed by atoms with E-state index in [4.69, 9.17) is 17.3 Å². The van der Waals surface area contributed by atoms with Gasteiger partial charge in [-0.15, -0.1) is 12.4 Å². The molecule has 0 fully saturated rings. The Bertz CT molecular complexity index is 405. The van der Waals surface area contributed by atoms with Gasteiger partial charge in [-0.25, -0.2) is 0 Å². The van der Waals surface area contributed by atoms with Crippen molar-refractivity contribution < 1.29 is 18.3 Å². The zero-order chi connectivity index (χ0) is 12.8. The first-order valence-electron chi connectivity index (χ1n) is 4.73. The molecule has 0 saturated carbocycles. The summed E-state index contributed by atoms with van der Waals surface area (Å²) in [5, 5.41) is 2.81. The highest BCUT2D eigenvalue weighted by Gasteiger charge is 2.10. The molecule has 0 bridgehead atoms. The highest BCUT2D eigenvalue weighted by Crippen LogP contribution is 2.24. The molecule has 0 spiro atoms. The first-order valence-corrected chi connectivity index (χ1v) is 5.10. The fourth-order valence-electron chi connectivity index (χ4n) is 1.16. The Kier molecular flexibility index (Phi) is 7.58. The lowest BCUT2D eigenvalue weighted by molar-refractivity contribution is -0.119. The lowest BCUT2D eigenvalue weighted by atomic mass is 10.2. The molecule has 0 aliphatic carbocycles. The molecule has 0 aliphatic rings. The summed E-state index contributed by atoms with van der Waals surface area (Å²) in [5.74, 6) is -0.422. The van der Waals surface area contributed by atoms with Gasteiger partial charge in [-0.2, -0.15) is 8.78 Å². The van der Waals surface area contributed by atoms with E-state index in [1.165, 1.54) is 18.2 Å². The Labute approximate surface area is 114 Å². The number of nitrogens with two attached hydrogens (primary N) is 1. The zero-order valence-electron chi connectivity index (χ0n) is 9.16. The van der Waals surface area contributed by atoms with Gasteiger partial charge in [0, 0.05) is 17.1 Å². The summed E-state index contributed by atoms with van der Waals surface area (Å²) in [4.78, 5) is 10.9. The van der Waals surface area contributed by atoms with Crippen molar-refractivity contribution in [2.45, 2.75) is 13.2 Å². The number of hydrogen-bond donors (Lipinski definition) is 2. The highest BCUT2D eigenvalue weighted by atomic mass is 35.5. The van der Waals surface area contributed by atoms with Gasteiger partial charge in [-0.05, 0) is 18.2 Å². The Morgan fingerprint density at radius 3 is 2.72 bits per heavy atom. The summed E-state index contributed by atoms with van der Waals surface area (Å²) in [7, 11) is 0. The third-order valence-corrected chi connectivity index (χ3v) is 2.14. The Hall–Kier alpha value is -1.11.